The first-order valence-electron chi connectivity index (χ1n) is 7.01. The lowest BCUT2D eigenvalue weighted by molar-refractivity contribution is -0.136. The van der Waals surface area contributed by atoms with Crippen molar-refractivity contribution in [2.24, 2.45) is 0 Å². The van der Waals surface area contributed by atoms with E-state index in [-0.39, 0.29) is 18.1 Å². The number of sulfonamides is 1. The minimum absolute atomic E-state index is 0.0405. The fourth-order valence-electron chi connectivity index (χ4n) is 2.68. The van der Waals surface area contributed by atoms with E-state index in [4.69, 9.17) is 4.74 Å². The Morgan fingerprint density at radius 1 is 1.50 bits per heavy atom. The van der Waals surface area contributed by atoms with Crippen LogP contribution in [-0.2, 0) is 19.6 Å². The lowest BCUT2D eigenvalue weighted by Gasteiger charge is -2.34. The average molecular weight is 305 g/mol. The standard InChI is InChI=1S/C12H23N3O4S/c1-20(17,18)14-10-3-2-5-15(9-10)12(16)7-11-8-13-4-6-19-11/h10-11,13-14H,2-9H2,1H3. The molecule has 2 saturated heterocycles. The number of amides is 1. The normalized spacial score (nSPS) is 28.4. The van der Waals surface area contributed by atoms with Gasteiger partial charge in [-0.1, -0.05) is 0 Å². The highest BCUT2D eigenvalue weighted by Gasteiger charge is 2.27. The Balaban J connectivity index is 1.83. The largest absolute Gasteiger partial charge is 0.375 e. The Hall–Kier alpha value is -0.700. The molecule has 20 heavy (non-hydrogen) atoms. The maximum absolute atomic E-state index is 12.2. The number of ether oxygens (including phenoxy) is 1. The maximum atomic E-state index is 12.2. The van der Waals surface area contributed by atoms with E-state index in [1.807, 2.05) is 0 Å². The number of rotatable bonds is 4. The van der Waals surface area contributed by atoms with Crippen LogP contribution in [0.1, 0.15) is 19.3 Å². The molecular formula is C12H23N3O4S. The van der Waals surface area contributed by atoms with Crippen molar-refractivity contribution < 1.29 is 17.9 Å². The van der Waals surface area contributed by atoms with Gasteiger partial charge in [0, 0.05) is 32.2 Å². The summed E-state index contributed by atoms with van der Waals surface area (Å²) in [5.74, 6) is 0.0405. The van der Waals surface area contributed by atoms with Crippen LogP contribution < -0.4 is 10.0 Å². The van der Waals surface area contributed by atoms with Crippen LogP contribution >= 0.6 is 0 Å². The quantitative estimate of drug-likeness (QED) is 0.689. The van der Waals surface area contributed by atoms with Gasteiger partial charge in [-0.15, -0.1) is 0 Å². The molecule has 2 atom stereocenters. The zero-order valence-corrected chi connectivity index (χ0v) is 12.6. The number of likely N-dealkylation sites (tertiary alicyclic amines) is 1. The number of hydrogen-bond donors (Lipinski definition) is 2. The monoisotopic (exact) mass is 305 g/mol. The van der Waals surface area contributed by atoms with Crippen molar-refractivity contribution in [2.45, 2.75) is 31.4 Å². The topological polar surface area (TPSA) is 87.7 Å². The number of nitrogens with one attached hydrogen (secondary N) is 2. The number of piperidine rings is 1. The molecule has 2 heterocycles. The van der Waals surface area contributed by atoms with E-state index < -0.39 is 10.0 Å². The van der Waals surface area contributed by atoms with Crippen LogP contribution in [0.25, 0.3) is 0 Å². The Labute approximate surface area is 120 Å². The van der Waals surface area contributed by atoms with Crippen LogP contribution in [0.5, 0.6) is 0 Å². The first-order valence-corrected chi connectivity index (χ1v) is 8.90. The summed E-state index contributed by atoms with van der Waals surface area (Å²) < 4.78 is 30.6. The van der Waals surface area contributed by atoms with Gasteiger partial charge in [-0.25, -0.2) is 13.1 Å². The molecule has 0 aromatic heterocycles. The molecule has 2 unspecified atom stereocenters. The predicted molar refractivity (Wildman–Crippen MR) is 74.8 cm³/mol. The Morgan fingerprint density at radius 2 is 2.30 bits per heavy atom. The summed E-state index contributed by atoms with van der Waals surface area (Å²) in [5.41, 5.74) is 0. The summed E-state index contributed by atoms with van der Waals surface area (Å²) in [4.78, 5) is 14.0. The van der Waals surface area contributed by atoms with E-state index in [0.717, 1.165) is 25.6 Å². The highest BCUT2D eigenvalue weighted by Crippen LogP contribution is 2.13. The van der Waals surface area contributed by atoms with E-state index in [1.54, 1.807) is 4.90 Å². The Bertz CT molecular complexity index is 434. The van der Waals surface area contributed by atoms with Gasteiger partial charge in [-0.2, -0.15) is 0 Å². The lowest BCUT2D eigenvalue weighted by atomic mass is 10.1. The van der Waals surface area contributed by atoms with Gasteiger partial charge < -0.3 is 15.0 Å². The van der Waals surface area contributed by atoms with Crippen molar-refractivity contribution in [3.05, 3.63) is 0 Å². The molecule has 2 aliphatic heterocycles. The first kappa shape index (κ1) is 15.7. The van der Waals surface area contributed by atoms with Gasteiger partial charge >= 0.3 is 0 Å². The first-order chi connectivity index (χ1) is 9.44. The smallest absolute Gasteiger partial charge is 0.225 e. The van der Waals surface area contributed by atoms with E-state index >= 15 is 0 Å². The molecule has 0 aromatic rings. The van der Waals surface area contributed by atoms with Crippen molar-refractivity contribution >= 4 is 15.9 Å². The minimum atomic E-state index is -3.22. The van der Waals surface area contributed by atoms with Crippen LogP contribution in [0.2, 0.25) is 0 Å². The zero-order chi connectivity index (χ0) is 14.6. The molecule has 0 radical (unpaired) electrons. The van der Waals surface area contributed by atoms with Gasteiger partial charge in [-0.05, 0) is 12.8 Å². The van der Waals surface area contributed by atoms with Gasteiger partial charge in [0.2, 0.25) is 15.9 Å². The Kier molecular flexibility index (Phi) is 5.36. The highest BCUT2D eigenvalue weighted by atomic mass is 32.2. The summed E-state index contributed by atoms with van der Waals surface area (Å²) >= 11 is 0. The van der Waals surface area contributed by atoms with E-state index in [0.29, 0.717) is 32.7 Å². The zero-order valence-electron chi connectivity index (χ0n) is 11.8. The molecule has 116 valence electrons. The molecular weight excluding hydrogens is 282 g/mol. The lowest BCUT2D eigenvalue weighted by Crippen LogP contribution is -2.50. The second-order valence-electron chi connectivity index (χ2n) is 5.47. The van der Waals surface area contributed by atoms with E-state index in [9.17, 15) is 13.2 Å². The molecule has 0 aromatic carbocycles. The summed E-state index contributed by atoms with van der Waals surface area (Å²) in [5, 5.41) is 3.20. The van der Waals surface area contributed by atoms with Crippen LogP contribution in [0.3, 0.4) is 0 Å². The number of hydrogen-bond acceptors (Lipinski definition) is 5. The van der Waals surface area contributed by atoms with E-state index in [1.165, 1.54) is 0 Å². The molecule has 8 heteroatoms. The van der Waals surface area contributed by atoms with Crippen LogP contribution in [-0.4, -0.2) is 70.4 Å². The molecule has 2 N–H and O–H groups in total. The number of carbonyl (C=O) groups excluding carboxylic acids is 1. The van der Waals surface area contributed by atoms with Crippen LogP contribution in [0, 0.1) is 0 Å². The van der Waals surface area contributed by atoms with Crippen molar-refractivity contribution in [3.8, 4) is 0 Å². The molecule has 0 aliphatic carbocycles. The predicted octanol–water partition coefficient (Wildman–Crippen LogP) is -1.09. The van der Waals surface area contributed by atoms with Gasteiger partial charge in [-0.3, -0.25) is 4.79 Å². The number of morpholine rings is 1. The molecule has 0 spiro atoms. The summed E-state index contributed by atoms with van der Waals surface area (Å²) in [6, 6.07) is -0.173. The maximum Gasteiger partial charge on any atom is 0.225 e. The fraction of sp³-hybridized carbons (Fsp3) is 0.917. The molecule has 1 amide bonds. The fourth-order valence-corrected chi connectivity index (χ4v) is 3.48. The van der Waals surface area contributed by atoms with Gasteiger partial charge in [0.1, 0.15) is 0 Å². The number of carbonyl (C=O) groups is 1. The van der Waals surface area contributed by atoms with Crippen molar-refractivity contribution in [1.82, 2.24) is 14.9 Å². The van der Waals surface area contributed by atoms with Crippen molar-refractivity contribution in [1.29, 1.82) is 0 Å². The minimum Gasteiger partial charge on any atom is -0.375 e. The summed E-state index contributed by atoms with van der Waals surface area (Å²) in [6.07, 6.45) is 3.04. The molecule has 2 aliphatic rings. The SMILES string of the molecule is CS(=O)(=O)NC1CCCN(C(=O)CC2CNCCO2)C1. The summed E-state index contributed by atoms with van der Waals surface area (Å²) in [6.45, 7) is 3.31. The molecule has 2 fully saturated rings. The molecule has 7 nitrogen and oxygen atoms in total. The van der Waals surface area contributed by atoms with Gasteiger partial charge in [0.25, 0.3) is 0 Å². The van der Waals surface area contributed by atoms with Crippen molar-refractivity contribution in [3.63, 3.8) is 0 Å². The summed E-state index contributed by atoms with van der Waals surface area (Å²) in [7, 11) is -3.22. The molecule has 0 saturated carbocycles. The highest BCUT2D eigenvalue weighted by molar-refractivity contribution is 7.88. The Morgan fingerprint density at radius 3 is 2.95 bits per heavy atom. The average Bonchev–Trinajstić information content (AvgIpc) is 2.38. The molecule has 2 rings (SSSR count). The van der Waals surface area contributed by atoms with Crippen molar-refractivity contribution in [2.75, 3.05) is 39.0 Å². The molecule has 0 bridgehead atoms. The van der Waals surface area contributed by atoms with Crippen LogP contribution in [0.15, 0.2) is 0 Å². The second-order valence-corrected chi connectivity index (χ2v) is 7.25. The third-order valence-corrected chi connectivity index (χ3v) is 4.32. The van der Waals surface area contributed by atoms with Gasteiger partial charge in [0.05, 0.1) is 25.4 Å². The third-order valence-electron chi connectivity index (χ3n) is 3.56. The second kappa shape index (κ2) is 6.84. The third kappa shape index (κ3) is 5.01. The van der Waals surface area contributed by atoms with Gasteiger partial charge in [0.15, 0.2) is 0 Å². The van der Waals surface area contributed by atoms with Crippen LogP contribution in [0.4, 0.5) is 0 Å². The number of nitrogens with zero attached hydrogens (tertiary/aromatic N) is 1. The van der Waals surface area contributed by atoms with E-state index in [2.05, 4.69) is 10.0 Å².